The van der Waals surface area contributed by atoms with Crippen molar-refractivity contribution in [2.45, 2.75) is 13.5 Å². The van der Waals surface area contributed by atoms with Crippen LogP contribution in [-0.4, -0.2) is 22.1 Å². The lowest BCUT2D eigenvalue weighted by molar-refractivity contribution is 0.411. The lowest BCUT2D eigenvalue weighted by Gasteiger charge is -2.03. The number of nitrogens with one attached hydrogen (secondary N) is 1. The maximum atomic E-state index is 4.97. The van der Waals surface area contributed by atoms with Gasteiger partial charge in [-0.2, -0.15) is 0 Å². The molecule has 0 aliphatic rings. The van der Waals surface area contributed by atoms with Crippen molar-refractivity contribution in [3.63, 3.8) is 0 Å². The van der Waals surface area contributed by atoms with Crippen molar-refractivity contribution in [1.82, 2.24) is 15.0 Å². The Morgan fingerprint density at radius 3 is 2.69 bits per heavy atom. The fourth-order valence-corrected chi connectivity index (χ4v) is 1.78. The molecular formula is C10H12N4OS. The Morgan fingerprint density at radius 1 is 1.38 bits per heavy atom. The second kappa shape index (κ2) is 4.89. The predicted octanol–water partition coefficient (Wildman–Crippen LogP) is 1.86. The summed E-state index contributed by atoms with van der Waals surface area (Å²) in [6.45, 7) is 2.62. The molecule has 0 aliphatic heterocycles. The molecule has 0 fully saturated rings. The monoisotopic (exact) mass is 236 g/mol. The van der Waals surface area contributed by atoms with E-state index in [2.05, 4.69) is 20.3 Å². The van der Waals surface area contributed by atoms with Crippen molar-refractivity contribution in [1.29, 1.82) is 0 Å². The van der Waals surface area contributed by atoms with E-state index in [9.17, 15) is 0 Å². The summed E-state index contributed by atoms with van der Waals surface area (Å²) in [6, 6.07) is 0. The van der Waals surface area contributed by atoms with Crippen molar-refractivity contribution in [3.8, 4) is 5.75 Å². The van der Waals surface area contributed by atoms with Gasteiger partial charge < -0.3 is 10.1 Å². The molecule has 0 radical (unpaired) electrons. The molecule has 5 nitrogen and oxygen atoms in total. The Balaban J connectivity index is 1.94. The number of hydrogen-bond acceptors (Lipinski definition) is 6. The lowest BCUT2D eigenvalue weighted by Crippen LogP contribution is -2.03. The van der Waals surface area contributed by atoms with E-state index in [1.54, 1.807) is 30.8 Å². The highest BCUT2D eigenvalue weighted by molar-refractivity contribution is 7.09. The van der Waals surface area contributed by atoms with Crippen LogP contribution in [0, 0.1) is 6.92 Å². The van der Waals surface area contributed by atoms with Gasteiger partial charge in [0.1, 0.15) is 0 Å². The van der Waals surface area contributed by atoms with Gasteiger partial charge in [0.15, 0.2) is 5.75 Å². The van der Waals surface area contributed by atoms with Crippen LogP contribution in [0.5, 0.6) is 5.75 Å². The van der Waals surface area contributed by atoms with Crippen LogP contribution in [0.15, 0.2) is 17.8 Å². The molecule has 0 aromatic carbocycles. The van der Waals surface area contributed by atoms with Gasteiger partial charge in [0.2, 0.25) is 5.95 Å². The van der Waals surface area contributed by atoms with Crippen LogP contribution in [0.4, 0.5) is 5.95 Å². The standard InChI is InChI=1S/C10H12N4OS/c1-7-14-8(6-16-7)3-11-10-12-4-9(15-2)5-13-10/h4-6H,3H2,1-2H3,(H,11,12,13). The van der Waals surface area contributed by atoms with E-state index >= 15 is 0 Å². The molecule has 84 valence electrons. The summed E-state index contributed by atoms with van der Waals surface area (Å²) in [5.74, 6) is 1.22. The number of anilines is 1. The van der Waals surface area contributed by atoms with Crippen LogP contribution in [0.3, 0.4) is 0 Å². The van der Waals surface area contributed by atoms with Gasteiger partial charge in [0.05, 0.1) is 36.7 Å². The number of nitrogens with zero attached hydrogens (tertiary/aromatic N) is 3. The summed E-state index contributed by atoms with van der Waals surface area (Å²) in [5, 5.41) is 6.17. The van der Waals surface area contributed by atoms with Crippen molar-refractivity contribution in [3.05, 3.63) is 28.5 Å². The summed E-state index contributed by atoms with van der Waals surface area (Å²) in [5.41, 5.74) is 1.00. The fourth-order valence-electron chi connectivity index (χ4n) is 1.17. The highest BCUT2D eigenvalue weighted by Crippen LogP contribution is 2.10. The van der Waals surface area contributed by atoms with Gasteiger partial charge in [-0.05, 0) is 6.92 Å². The molecule has 6 heteroatoms. The summed E-state index contributed by atoms with van der Waals surface area (Å²) < 4.78 is 4.97. The zero-order chi connectivity index (χ0) is 11.4. The molecule has 0 aliphatic carbocycles. The number of aromatic nitrogens is 3. The minimum Gasteiger partial charge on any atom is -0.494 e. The molecule has 0 unspecified atom stereocenters. The highest BCUT2D eigenvalue weighted by atomic mass is 32.1. The molecule has 2 aromatic heterocycles. The van der Waals surface area contributed by atoms with E-state index in [-0.39, 0.29) is 0 Å². The summed E-state index contributed by atoms with van der Waals surface area (Å²) in [4.78, 5) is 12.5. The van der Waals surface area contributed by atoms with E-state index in [1.165, 1.54) is 0 Å². The Morgan fingerprint density at radius 2 is 2.12 bits per heavy atom. The molecule has 2 aromatic rings. The average Bonchev–Trinajstić information content (AvgIpc) is 2.73. The lowest BCUT2D eigenvalue weighted by atomic mass is 10.5. The number of thiazole rings is 1. The Hall–Kier alpha value is -1.69. The molecule has 0 amide bonds. The smallest absolute Gasteiger partial charge is 0.223 e. The maximum Gasteiger partial charge on any atom is 0.223 e. The summed E-state index contributed by atoms with van der Waals surface area (Å²) >= 11 is 1.63. The summed E-state index contributed by atoms with van der Waals surface area (Å²) in [7, 11) is 1.59. The number of ether oxygens (including phenoxy) is 1. The van der Waals surface area contributed by atoms with E-state index in [1.807, 2.05) is 12.3 Å². The maximum absolute atomic E-state index is 4.97. The molecule has 2 rings (SSSR count). The first-order chi connectivity index (χ1) is 7.78. The summed E-state index contributed by atoms with van der Waals surface area (Å²) in [6.07, 6.45) is 3.25. The third-order valence-corrected chi connectivity index (χ3v) is 2.78. The predicted molar refractivity (Wildman–Crippen MR) is 62.8 cm³/mol. The topological polar surface area (TPSA) is 59.9 Å². The van der Waals surface area contributed by atoms with Crippen LogP contribution in [0.25, 0.3) is 0 Å². The van der Waals surface area contributed by atoms with Gasteiger partial charge in [0, 0.05) is 5.38 Å². The minimum atomic E-state index is 0.575. The van der Waals surface area contributed by atoms with Crippen LogP contribution < -0.4 is 10.1 Å². The Labute approximate surface area is 97.5 Å². The molecule has 16 heavy (non-hydrogen) atoms. The van der Waals surface area contributed by atoms with Gasteiger partial charge >= 0.3 is 0 Å². The SMILES string of the molecule is COc1cnc(NCc2csc(C)n2)nc1. The van der Waals surface area contributed by atoms with Crippen LogP contribution in [0.1, 0.15) is 10.7 Å². The third-order valence-electron chi connectivity index (χ3n) is 1.96. The molecule has 0 spiro atoms. The zero-order valence-electron chi connectivity index (χ0n) is 9.10. The molecule has 0 bridgehead atoms. The Kier molecular flexibility index (Phi) is 3.31. The van der Waals surface area contributed by atoms with Gasteiger partial charge in [-0.25, -0.2) is 15.0 Å². The van der Waals surface area contributed by atoms with Crippen molar-refractivity contribution in [2.75, 3.05) is 12.4 Å². The zero-order valence-corrected chi connectivity index (χ0v) is 9.91. The largest absolute Gasteiger partial charge is 0.494 e. The molecular weight excluding hydrogens is 224 g/mol. The van der Waals surface area contributed by atoms with Crippen LogP contribution in [-0.2, 0) is 6.54 Å². The van der Waals surface area contributed by atoms with E-state index < -0.39 is 0 Å². The van der Waals surface area contributed by atoms with E-state index in [0.29, 0.717) is 18.2 Å². The molecule has 0 saturated carbocycles. The quantitative estimate of drug-likeness (QED) is 0.878. The molecule has 0 atom stereocenters. The van der Waals surface area contributed by atoms with Gasteiger partial charge in [-0.3, -0.25) is 0 Å². The number of hydrogen-bond donors (Lipinski definition) is 1. The van der Waals surface area contributed by atoms with Crippen LogP contribution in [0.2, 0.25) is 0 Å². The fraction of sp³-hybridized carbons (Fsp3) is 0.300. The highest BCUT2D eigenvalue weighted by Gasteiger charge is 2.00. The molecule has 0 saturated heterocycles. The average molecular weight is 236 g/mol. The number of rotatable bonds is 4. The van der Waals surface area contributed by atoms with Crippen molar-refractivity contribution in [2.24, 2.45) is 0 Å². The first-order valence-corrected chi connectivity index (χ1v) is 5.67. The Bertz CT molecular complexity index is 454. The van der Waals surface area contributed by atoms with Gasteiger partial charge in [0.25, 0.3) is 0 Å². The second-order valence-corrected chi connectivity index (χ2v) is 4.22. The first-order valence-electron chi connectivity index (χ1n) is 4.79. The minimum absolute atomic E-state index is 0.575. The van der Waals surface area contributed by atoms with Crippen molar-refractivity contribution < 1.29 is 4.74 Å². The van der Waals surface area contributed by atoms with E-state index in [4.69, 9.17) is 4.74 Å². The van der Waals surface area contributed by atoms with Crippen LogP contribution >= 0.6 is 11.3 Å². The van der Waals surface area contributed by atoms with Crippen molar-refractivity contribution >= 4 is 17.3 Å². The molecule has 1 N–H and O–H groups in total. The van der Waals surface area contributed by atoms with Gasteiger partial charge in [-0.1, -0.05) is 0 Å². The normalized spacial score (nSPS) is 10.1. The molecule has 2 heterocycles. The number of methoxy groups -OCH3 is 1. The first kappa shape index (κ1) is 10.8. The second-order valence-electron chi connectivity index (χ2n) is 3.16. The van der Waals surface area contributed by atoms with Gasteiger partial charge in [-0.15, -0.1) is 11.3 Å². The van der Waals surface area contributed by atoms with E-state index in [0.717, 1.165) is 10.7 Å². The third kappa shape index (κ3) is 2.66. The number of aryl methyl sites for hydroxylation is 1.